The highest BCUT2D eigenvalue weighted by Gasteiger charge is 2.10. The average Bonchev–Trinajstić information content (AvgIpc) is 2.46. The van der Waals surface area contributed by atoms with E-state index in [0.29, 0.717) is 22.6 Å². The molecule has 0 aliphatic heterocycles. The number of rotatable bonds is 4. The first-order valence-electron chi connectivity index (χ1n) is 5.83. The summed E-state index contributed by atoms with van der Waals surface area (Å²) in [5, 5.41) is 19.6. The van der Waals surface area contributed by atoms with Crippen molar-refractivity contribution in [2.24, 2.45) is 0 Å². The lowest BCUT2D eigenvalue weighted by Gasteiger charge is -2.09. The van der Waals surface area contributed by atoms with Crippen molar-refractivity contribution in [3.05, 3.63) is 63.5 Å². The summed E-state index contributed by atoms with van der Waals surface area (Å²) in [6, 6.07) is 9.86. The number of non-ortho nitro benzene ring substituents is 1. The average molecular weight is 269 g/mol. The molecule has 0 radical (unpaired) electrons. The maximum Gasteiger partial charge on any atom is 0.269 e. The minimum absolute atomic E-state index is 0.0222. The molecule has 0 aliphatic rings. The molecule has 1 heterocycles. The number of hydrogen-bond acceptors (Lipinski definition) is 5. The Morgan fingerprint density at radius 3 is 2.90 bits per heavy atom. The molecule has 0 bridgehead atoms. The fourth-order valence-corrected chi connectivity index (χ4v) is 1.72. The van der Waals surface area contributed by atoms with E-state index in [2.05, 4.69) is 4.98 Å². The Hall–Kier alpha value is -2.94. The lowest BCUT2D eigenvalue weighted by Crippen LogP contribution is -2.01. The number of nitriles is 1. The second-order valence-electron chi connectivity index (χ2n) is 4.12. The summed E-state index contributed by atoms with van der Waals surface area (Å²) in [6.45, 7) is 1.92. The van der Waals surface area contributed by atoms with Crippen molar-refractivity contribution in [1.82, 2.24) is 4.98 Å². The predicted molar refractivity (Wildman–Crippen MR) is 71.1 cm³/mol. The van der Waals surface area contributed by atoms with Crippen LogP contribution in [0.1, 0.15) is 16.8 Å². The summed E-state index contributed by atoms with van der Waals surface area (Å²) < 4.78 is 5.59. The number of nitro groups is 1. The molecule has 2 rings (SSSR count). The molecular formula is C14H11N3O3. The maximum atomic E-state index is 10.6. The van der Waals surface area contributed by atoms with Gasteiger partial charge in [-0.3, -0.25) is 10.1 Å². The van der Waals surface area contributed by atoms with Crippen molar-refractivity contribution < 1.29 is 9.66 Å². The van der Waals surface area contributed by atoms with Crippen molar-refractivity contribution in [1.29, 1.82) is 5.26 Å². The van der Waals surface area contributed by atoms with Gasteiger partial charge in [0.2, 0.25) is 0 Å². The molecule has 0 amide bonds. The van der Waals surface area contributed by atoms with Gasteiger partial charge in [0.05, 0.1) is 4.92 Å². The summed E-state index contributed by atoms with van der Waals surface area (Å²) in [4.78, 5) is 14.1. The van der Waals surface area contributed by atoms with Crippen LogP contribution in [-0.4, -0.2) is 9.91 Å². The van der Waals surface area contributed by atoms with Gasteiger partial charge in [-0.15, -0.1) is 0 Å². The Kier molecular flexibility index (Phi) is 3.91. The summed E-state index contributed by atoms with van der Waals surface area (Å²) in [5.41, 5.74) is 1.68. The summed E-state index contributed by atoms with van der Waals surface area (Å²) >= 11 is 0. The van der Waals surface area contributed by atoms with Gasteiger partial charge >= 0.3 is 0 Å². The quantitative estimate of drug-likeness (QED) is 0.628. The second-order valence-corrected chi connectivity index (χ2v) is 4.12. The number of benzene rings is 1. The molecule has 0 N–H and O–H groups in total. The Morgan fingerprint density at radius 2 is 2.25 bits per heavy atom. The van der Waals surface area contributed by atoms with E-state index in [1.165, 1.54) is 12.1 Å². The van der Waals surface area contributed by atoms with Gasteiger partial charge in [0, 0.05) is 23.9 Å². The van der Waals surface area contributed by atoms with E-state index < -0.39 is 4.92 Å². The van der Waals surface area contributed by atoms with Crippen molar-refractivity contribution >= 4 is 5.69 Å². The largest absolute Gasteiger partial charge is 0.489 e. The third-order valence-electron chi connectivity index (χ3n) is 2.75. The number of aromatic nitrogens is 1. The molecule has 2 aromatic rings. The van der Waals surface area contributed by atoms with E-state index in [1.54, 1.807) is 31.3 Å². The molecule has 0 unspecified atom stereocenters. The van der Waals surface area contributed by atoms with Crippen LogP contribution in [0, 0.1) is 28.4 Å². The first kappa shape index (κ1) is 13.5. The van der Waals surface area contributed by atoms with Gasteiger partial charge in [0.1, 0.15) is 24.1 Å². The molecule has 0 atom stereocenters. The van der Waals surface area contributed by atoms with Crippen LogP contribution in [0.15, 0.2) is 36.5 Å². The number of pyridine rings is 1. The van der Waals surface area contributed by atoms with Gasteiger partial charge in [0.25, 0.3) is 5.69 Å². The van der Waals surface area contributed by atoms with Crippen LogP contribution in [0.25, 0.3) is 0 Å². The smallest absolute Gasteiger partial charge is 0.269 e. The van der Waals surface area contributed by atoms with Gasteiger partial charge in [-0.25, -0.2) is 4.98 Å². The van der Waals surface area contributed by atoms with Gasteiger partial charge in [-0.2, -0.15) is 5.26 Å². The molecule has 0 saturated carbocycles. The standard InChI is InChI=1S/C14H11N3O3/c1-10-7-12(17(18)19)4-5-14(10)20-9-11-3-2-6-16-13(11)8-15/h2-7H,9H2,1H3. The van der Waals surface area contributed by atoms with Crippen LogP contribution >= 0.6 is 0 Å². The van der Waals surface area contributed by atoms with Crippen molar-refractivity contribution in [2.75, 3.05) is 0 Å². The minimum atomic E-state index is -0.453. The third-order valence-corrected chi connectivity index (χ3v) is 2.75. The van der Waals surface area contributed by atoms with Crippen LogP contribution in [-0.2, 0) is 6.61 Å². The van der Waals surface area contributed by atoms with Crippen LogP contribution in [0.4, 0.5) is 5.69 Å². The first-order valence-corrected chi connectivity index (χ1v) is 5.83. The molecule has 0 aliphatic carbocycles. The van der Waals surface area contributed by atoms with Crippen LogP contribution in [0.5, 0.6) is 5.75 Å². The zero-order chi connectivity index (χ0) is 14.5. The van der Waals surface area contributed by atoms with Gasteiger partial charge in [0.15, 0.2) is 0 Å². The highest BCUT2D eigenvalue weighted by molar-refractivity contribution is 5.43. The monoisotopic (exact) mass is 269 g/mol. The lowest BCUT2D eigenvalue weighted by atomic mass is 10.2. The number of nitrogens with zero attached hydrogens (tertiary/aromatic N) is 3. The number of hydrogen-bond donors (Lipinski definition) is 0. The molecule has 1 aromatic carbocycles. The van der Waals surface area contributed by atoms with Gasteiger partial charge in [-0.05, 0) is 24.6 Å². The maximum absolute atomic E-state index is 10.6. The van der Waals surface area contributed by atoms with Crippen molar-refractivity contribution in [3.8, 4) is 11.8 Å². The van der Waals surface area contributed by atoms with E-state index in [-0.39, 0.29) is 12.3 Å². The van der Waals surface area contributed by atoms with Crippen LogP contribution in [0.2, 0.25) is 0 Å². The highest BCUT2D eigenvalue weighted by Crippen LogP contribution is 2.24. The number of aryl methyl sites for hydroxylation is 1. The fraction of sp³-hybridized carbons (Fsp3) is 0.143. The highest BCUT2D eigenvalue weighted by atomic mass is 16.6. The molecule has 6 heteroatoms. The molecule has 0 spiro atoms. The first-order chi connectivity index (χ1) is 9.61. The Morgan fingerprint density at radius 1 is 1.45 bits per heavy atom. The molecule has 0 fully saturated rings. The lowest BCUT2D eigenvalue weighted by molar-refractivity contribution is -0.384. The molecule has 6 nitrogen and oxygen atoms in total. The van der Waals surface area contributed by atoms with E-state index in [9.17, 15) is 10.1 Å². The predicted octanol–water partition coefficient (Wildman–Crippen LogP) is 2.75. The summed E-state index contributed by atoms with van der Waals surface area (Å²) in [7, 11) is 0. The van der Waals surface area contributed by atoms with Crippen LogP contribution < -0.4 is 4.74 Å². The Bertz CT molecular complexity index is 692. The van der Waals surface area contributed by atoms with Gasteiger partial charge in [-0.1, -0.05) is 6.07 Å². The summed E-state index contributed by atoms with van der Waals surface area (Å²) in [6.07, 6.45) is 1.54. The van der Waals surface area contributed by atoms with E-state index in [4.69, 9.17) is 10.00 Å². The molecule has 0 saturated heterocycles. The third kappa shape index (κ3) is 2.90. The topological polar surface area (TPSA) is 89.1 Å². The second kappa shape index (κ2) is 5.80. The summed E-state index contributed by atoms with van der Waals surface area (Å²) in [5.74, 6) is 0.545. The number of ether oxygens (including phenoxy) is 1. The molecular weight excluding hydrogens is 258 g/mol. The van der Waals surface area contributed by atoms with E-state index in [1.807, 2.05) is 6.07 Å². The zero-order valence-corrected chi connectivity index (χ0v) is 10.7. The fourth-order valence-electron chi connectivity index (χ4n) is 1.72. The Balaban J connectivity index is 2.16. The molecule has 100 valence electrons. The number of nitro benzene ring substituents is 1. The molecule has 1 aromatic heterocycles. The van der Waals surface area contributed by atoms with E-state index in [0.717, 1.165) is 0 Å². The van der Waals surface area contributed by atoms with Crippen molar-refractivity contribution in [2.45, 2.75) is 13.5 Å². The van der Waals surface area contributed by atoms with E-state index >= 15 is 0 Å². The zero-order valence-electron chi connectivity index (χ0n) is 10.7. The normalized spacial score (nSPS) is 9.80. The Labute approximate surface area is 115 Å². The van der Waals surface area contributed by atoms with Gasteiger partial charge < -0.3 is 4.74 Å². The molecule has 20 heavy (non-hydrogen) atoms. The van der Waals surface area contributed by atoms with Crippen molar-refractivity contribution in [3.63, 3.8) is 0 Å². The van der Waals surface area contributed by atoms with Crippen LogP contribution in [0.3, 0.4) is 0 Å². The SMILES string of the molecule is Cc1cc([N+](=O)[O-])ccc1OCc1cccnc1C#N. The minimum Gasteiger partial charge on any atom is -0.489 e.